The summed E-state index contributed by atoms with van der Waals surface area (Å²) in [7, 11) is 0. The third-order valence-electron chi connectivity index (χ3n) is 7.58. The first-order valence-electron chi connectivity index (χ1n) is 12.3. The van der Waals surface area contributed by atoms with Crippen molar-refractivity contribution in [1.29, 1.82) is 0 Å². The number of nitrogens with one attached hydrogen (secondary N) is 2. The summed E-state index contributed by atoms with van der Waals surface area (Å²) in [6.07, 6.45) is 0.749. The van der Waals surface area contributed by atoms with Crippen LogP contribution in [0.3, 0.4) is 0 Å². The van der Waals surface area contributed by atoms with Crippen LogP contribution in [-0.2, 0) is 18.1 Å². The molecule has 2 aliphatic rings. The van der Waals surface area contributed by atoms with Gasteiger partial charge < -0.3 is 10.6 Å². The highest BCUT2D eigenvalue weighted by atomic mass is 35.5. The van der Waals surface area contributed by atoms with Crippen LogP contribution < -0.4 is 10.6 Å². The summed E-state index contributed by atoms with van der Waals surface area (Å²) in [5.41, 5.74) is -1.87. The maximum atomic E-state index is 14.7. The molecule has 2 N–H and O–H groups in total. The highest BCUT2D eigenvalue weighted by Gasteiger charge is 2.43. The molecule has 0 spiro atoms. The molecule has 0 saturated heterocycles. The first-order valence-corrected chi connectivity index (χ1v) is 12.6. The van der Waals surface area contributed by atoms with Gasteiger partial charge in [-0.1, -0.05) is 48.4 Å². The number of pyridine rings is 1. The van der Waals surface area contributed by atoms with Crippen LogP contribution in [0.5, 0.6) is 0 Å². The van der Waals surface area contributed by atoms with Crippen LogP contribution in [-0.4, -0.2) is 17.1 Å². The number of carbonyl (C=O) groups excluding carboxylic acids is 1. The Labute approximate surface area is 217 Å². The van der Waals surface area contributed by atoms with Gasteiger partial charge in [-0.25, -0.2) is 9.18 Å². The molecule has 3 aromatic rings. The van der Waals surface area contributed by atoms with Crippen LogP contribution in [0.25, 0.3) is 0 Å². The lowest BCUT2D eigenvalue weighted by Crippen LogP contribution is -2.55. The van der Waals surface area contributed by atoms with Crippen molar-refractivity contribution in [2.75, 3.05) is 0 Å². The number of alkyl halides is 3. The van der Waals surface area contributed by atoms with Gasteiger partial charge in [0, 0.05) is 18.7 Å². The highest BCUT2D eigenvalue weighted by molar-refractivity contribution is 6.30. The molecule has 4 atom stereocenters. The molecule has 2 aliphatic carbocycles. The maximum absolute atomic E-state index is 14.7. The number of urea groups is 1. The second kappa shape index (κ2) is 9.97. The SMILES string of the molecule is O=C(N[C@H]1C[C@@H]2CC[C@H]1C2)N[C@@](Cc1ccccc1)(c1cc(F)cc(C(F)(F)F)c1)c1ccc(Cl)cn1. The third kappa shape index (κ3) is 5.44. The number of fused-ring (bicyclic) bond motifs is 2. The van der Waals surface area contributed by atoms with E-state index in [0.29, 0.717) is 22.9 Å². The zero-order valence-electron chi connectivity index (χ0n) is 19.9. The van der Waals surface area contributed by atoms with Crippen molar-refractivity contribution < 1.29 is 22.4 Å². The minimum absolute atomic E-state index is 0.00963. The summed E-state index contributed by atoms with van der Waals surface area (Å²) in [4.78, 5) is 17.9. The summed E-state index contributed by atoms with van der Waals surface area (Å²) in [6.45, 7) is 0. The fourth-order valence-electron chi connectivity index (χ4n) is 5.87. The zero-order valence-corrected chi connectivity index (χ0v) is 20.6. The Morgan fingerprint density at radius 3 is 2.38 bits per heavy atom. The summed E-state index contributed by atoms with van der Waals surface area (Å²) in [5, 5.41) is 6.29. The molecule has 0 aliphatic heterocycles. The van der Waals surface area contributed by atoms with Gasteiger partial charge in [-0.15, -0.1) is 0 Å². The molecule has 2 aromatic carbocycles. The molecule has 1 heterocycles. The van der Waals surface area contributed by atoms with Crippen LogP contribution >= 0.6 is 11.6 Å². The van der Waals surface area contributed by atoms with Crippen molar-refractivity contribution in [2.45, 2.75) is 49.9 Å². The smallest absolute Gasteiger partial charge is 0.335 e. The van der Waals surface area contributed by atoms with Gasteiger partial charge in [0.25, 0.3) is 0 Å². The Kier molecular flexibility index (Phi) is 6.88. The van der Waals surface area contributed by atoms with E-state index in [2.05, 4.69) is 15.6 Å². The molecule has 0 unspecified atom stereocenters. The molecule has 5 rings (SSSR count). The van der Waals surface area contributed by atoms with Gasteiger partial charge >= 0.3 is 12.2 Å². The largest absolute Gasteiger partial charge is 0.416 e. The predicted molar refractivity (Wildman–Crippen MR) is 132 cm³/mol. The van der Waals surface area contributed by atoms with Crippen LogP contribution in [0.2, 0.25) is 5.02 Å². The molecule has 194 valence electrons. The minimum atomic E-state index is -4.78. The summed E-state index contributed by atoms with van der Waals surface area (Å²) in [5.74, 6) is -0.0923. The molecule has 37 heavy (non-hydrogen) atoms. The van der Waals surface area contributed by atoms with Crippen molar-refractivity contribution in [3.63, 3.8) is 0 Å². The molecule has 4 nitrogen and oxygen atoms in total. The van der Waals surface area contributed by atoms with E-state index in [1.54, 1.807) is 36.4 Å². The van der Waals surface area contributed by atoms with E-state index in [0.717, 1.165) is 43.4 Å². The summed E-state index contributed by atoms with van der Waals surface area (Å²) >= 11 is 6.06. The summed E-state index contributed by atoms with van der Waals surface area (Å²) < 4.78 is 55.9. The highest BCUT2D eigenvalue weighted by Crippen LogP contribution is 2.44. The molecule has 0 radical (unpaired) electrons. The lowest BCUT2D eigenvalue weighted by molar-refractivity contribution is -0.137. The monoisotopic (exact) mass is 531 g/mol. The lowest BCUT2D eigenvalue weighted by Gasteiger charge is -2.36. The number of rotatable bonds is 6. The van der Waals surface area contributed by atoms with E-state index < -0.39 is 29.1 Å². The number of amides is 2. The Balaban J connectivity index is 1.62. The number of benzene rings is 2. The quantitative estimate of drug-likeness (QED) is 0.341. The number of carbonyl (C=O) groups is 1. The van der Waals surface area contributed by atoms with E-state index in [-0.39, 0.29) is 23.7 Å². The average molecular weight is 532 g/mol. The van der Waals surface area contributed by atoms with Crippen LogP contribution in [0, 0.1) is 17.7 Å². The van der Waals surface area contributed by atoms with Crippen molar-refractivity contribution in [1.82, 2.24) is 15.6 Å². The van der Waals surface area contributed by atoms with Gasteiger partial charge in [-0.2, -0.15) is 13.2 Å². The second-order valence-electron chi connectivity index (χ2n) is 10.0. The minimum Gasteiger partial charge on any atom is -0.335 e. The van der Waals surface area contributed by atoms with Crippen molar-refractivity contribution in [2.24, 2.45) is 11.8 Å². The normalized spacial score (nSPS) is 22.5. The molecule has 9 heteroatoms. The standard InChI is InChI=1S/C28H26ClF4N3O/c29-22-8-9-25(34-16-22)27(15-17-4-2-1-3-5-17,20-12-21(28(31,32)33)14-23(30)13-20)36-26(37)35-24-11-18-6-7-19(24)10-18/h1-5,8-9,12-14,16,18-19,24H,6-7,10-11,15H2,(H2,35,36,37)/t18-,19+,24+,27+/m1/s1. The average Bonchev–Trinajstić information content (AvgIpc) is 3.47. The zero-order chi connectivity index (χ0) is 26.2. The predicted octanol–water partition coefficient (Wildman–Crippen LogP) is 6.87. The Morgan fingerprint density at radius 2 is 1.76 bits per heavy atom. The second-order valence-corrected chi connectivity index (χ2v) is 10.5. The van der Waals surface area contributed by atoms with Gasteiger partial charge in [0.15, 0.2) is 0 Å². The third-order valence-corrected chi connectivity index (χ3v) is 7.80. The van der Waals surface area contributed by atoms with Gasteiger partial charge in [-0.05, 0) is 72.6 Å². The van der Waals surface area contributed by atoms with E-state index >= 15 is 0 Å². The number of aromatic nitrogens is 1. The molecule has 1 aromatic heterocycles. The van der Waals surface area contributed by atoms with Gasteiger partial charge in [-0.3, -0.25) is 4.98 Å². The lowest BCUT2D eigenvalue weighted by atomic mass is 9.79. The van der Waals surface area contributed by atoms with Crippen LogP contribution in [0.1, 0.15) is 48.1 Å². The van der Waals surface area contributed by atoms with Crippen molar-refractivity contribution in [3.05, 3.63) is 100 Å². The number of hydrogen-bond donors (Lipinski definition) is 2. The number of halogens is 5. The fourth-order valence-corrected chi connectivity index (χ4v) is 5.98. The first-order chi connectivity index (χ1) is 17.6. The molecule has 2 fully saturated rings. The Hall–Kier alpha value is -3.13. The molecule has 2 saturated carbocycles. The van der Waals surface area contributed by atoms with E-state index in [4.69, 9.17) is 11.6 Å². The topological polar surface area (TPSA) is 54.0 Å². The molecule has 2 amide bonds. The van der Waals surface area contributed by atoms with Crippen LogP contribution in [0.15, 0.2) is 66.9 Å². The van der Waals surface area contributed by atoms with E-state index in [1.165, 1.54) is 6.20 Å². The molecule has 2 bridgehead atoms. The molecular weight excluding hydrogens is 506 g/mol. The van der Waals surface area contributed by atoms with Gasteiger partial charge in [0.1, 0.15) is 11.4 Å². The summed E-state index contributed by atoms with van der Waals surface area (Å²) in [6, 6.07) is 13.9. The van der Waals surface area contributed by atoms with Crippen LogP contribution in [0.4, 0.5) is 22.4 Å². The van der Waals surface area contributed by atoms with E-state index in [1.807, 2.05) is 6.07 Å². The Morgan fingerprint density at radius 1 is 1.00 bits per heavy atom. The first kappa shape index (κ1) is 25.5. The van der Waals surface area contributed by atoms with E-state index in [9.17, 15) is 22.4 Å². The molecular formula is C28H26ClF4N3O. The Bertz CT molecular complexity index is 1270. The van der Waals surface area contributed by atoms with Gasteiger partial charge in [0.05, 0.1) is 16.3 Å². The van der Waals surface area contributed by atoms with Crippen molar-refractivity contribution in [3.8, 4) is 0 Å². The van der Waals surface area contributed by atoms with Crippen molar-refractivity contribution >= 4 is 17.6 Å². The number of nitrogens with zero attached hydrogens (tertiary/aromatic N) is 1. The van der Waals surface area contributed by atoms with Gasteiger partial charge in [0.2, 0.25) is 0 Å². The fraction of sp³-hybridized carbons (Fsp3) is 0.357. The number of hydrogen-bond acceptors (Lipinski definition) is 2. The maximum Gasteiger partial charge on any atom is 0.416 e.